The van der Waals surface area contributed by atoms with Crippen molar-refractivity contribution in [2.75, 3.05) is 14.2 Å². The second kappa shape index (κ2) is 4.85. The fourth-order valence-electron chi connectivity index (χ4n) is 2.18. The average molecular weight is 272 g/mol. The number of benzene rings is 2. The normalized spacial score (nSPS) is 10.8. The minimum atomic E-state index is -0.306. The molecule has 0 unspecified atom stereocenters. The Bertz CT molecular complexity index is 745. The molecule has 1 aromatic heterocycles. The molecule has 2 aromatic carbocycles. The highest BCUT2D eigenvalue weighted by Crippen LogP contribution is 2.37. The Hall–Kier alpha value is -2.56. The number of methoxy groups -OCH3 is 2. The van der Waals surface area contributed by atoms with Crippen LogP contribution in [0, 0.1) is 5.82 Å². The van der Waals surface area contributed by atoms with Gasteiger partial charge < -0.3 is 14.5 Å². The lowest BCUT2D eigenvalue weighted by Crippen LogP contribution is -1.93. The summed E-state index contributed by atoms with van der Waals surface area (Å²) in [5, 5.41) is 0. The number of imidazole rings is 1. The summed E-state index contributed by atoms with van der Waals surface area (Å²) < 4.78 is 23.9. The van der Waals surface area contributed by atoms with Gasteiger partial charge in [-0.1, -0.05) is 6.07 Å². The van der Waals surface area contributed by atoms with Gasteiger partial charge >= 0.3 is 0 Å². The summed E-state index contributed by atoms with van der Waals surface area (Å²) in [6.07, 6.45) is 0. The van der Waals surface area contributed by atoms with Gasteiger partial charge in [-0.3, -0.25) is 0 Å². The van der Waals surface area contributed by atoms with E-state index in [1.54, 1.807) is 20.3 Å². The zero-order chi connectivity index (χ0) is 14.1. The van der Waals surface area contributed by atoms with Gasteiger partial charge in [-0.2, -0.15) is 0 Å². The van der Waals surface area contributed by atoms with Crippen LogP contribution in [0.25, 0.3) is 22.4 Å². The van der Waals surface area contributed by atoms with Crippen LogP contribution in [-0.4, -0.2) is 24.2 Å². The third-order valence-corrected chi connectivity index (χ3v) is 3.11. The van der Waals surface area contributed by atoms with E-state index in [2.05, 4.69) is 9.97 Å². The van der Waals surface area contributed by atoms with E-state index in [0.29, 0.717) is 33.9 Å². The summed E-state index contributed by atoms with van der Waals surface area (Å²) >= 11 is 0. The molecule has 3 aromatic rings. The topological polar surface area (TPSA) is 47.1 Å². The number of rotatable bonds is 3. The summed E-state index contributed by atoms with van der Waals surface area (Å²) in [5.41, 5.74) is 2.04. The summed E-state index contributed by atoms with van der Waals surface area (Å²) in [6, 6.07) is 9.91. The monoisotopic (exact) mass is 272 g/mol. The lowest BCUT2D eigenvalue weighted by molar-refractivity contribution is 0.397. The number of halogens is 1. The first-order chi connectivity index (χ1) is 9.72. The molecule has 0 aliphatic carbocycles. The molecule has 1 N–H and O–H groups in total. The fraction of sp³-hybridized carbons (Fsp3) is 0.133. The number of hydrogen-bond acceptors (Lipinski definition) is 3. The molecule has 0 bridgehead atoms. The van der Waals surface area contributed by atoms with Crippen molar-refractivity contribution in [3.05, 3.63) is 42.2 Å². The van der Waals surface area contributed by atoms with Crippen LogP contribution in [0.1, 0.15) is 0 Å². The first-order valence-corrected chi connectivity index (χ1v) is 6.09. The predicted octanol–water partition coefficient (Wildman–Crippen LogP) is 3.39. The summed E-state index contributed by atoms with van der Waals surface area (Å²) in [5.74, 6) is 1.56. The fourth-order valence-corrected chi connectivity index (χ4v) is 2.18. The Balaban J connectivity index is 2.24. The van der Waals surface area contributed by atoms with E-state index in [9.17, 15) is 4.39 Å². The predicted molar refractivity (Wildman–Crippen MR) is 74.6 cm³/mol. The van der Waals surface area contributed by atoms with Crippen LogP contribution in [0.15, 0.2) is 36.4 Å². The first kappa shape index (κ1) is 12.5. The van der Waals surface area contributed by atoms with Crippen molar-refractivity contribution in [1.29, 1.82) is 0 Å². The molecular formula is C15H13FN2O2. The number of aromatic nitrogens is 2. The van der Waals surface area contributed by atoms with Gasteiger partial charge in [-0.05, 0) is 30.3 Å². The molecule has 0 fully saturated rings. The Labute approximate surface area is 115 Å². The Morgan fingerprint density at radius 3 is 2.40 bits per heavy atom. The zero-order valence-electron chi connectivity index (χ0n) is 11.1. The van der Waals surface area contributed by atoms with Gasteiger partial charge in [0, 0.05) is 0 Å². The van der Waals surface area contributed by atoms with Crippen LogP contribution >= 0.6 is 0 Å². The number of hydrogen-bond donors (Lipinski definition) is 1. The van der Waals surface area contributed by atoms with E-state index < -0.39 is 0 Å². The number of H-pyrrole nitrogens is 1. The van der Waals surface area contributed by atoms with Gasteiger partial charge in [0.2, 0.25) is 0 Å². The highest BCUT2D eigenvalue weighted by Gasteiger charge is 2.16. The standard InChI is InChI=1S/C15H13FN2O2/c1-19-12-4-3-5-13(20-2)14(12)15-17-10-7-6-9(16)8-11(10)18-15/h3-8H,1-2H3,(H,17,18). The van der Waals surface area contributed by atoms with Crippen LogP contribution in [0.5, 0.6) is 11.5 Å². The largest absolute Gasteiger partial charge is 0.496 e. The molecule has 4 nitrogen and oxygen atoms in total. The van der Waals surface area contributed by atoms with Crippen LogP contribution in [0.2, 0.25) is 0 Å². The van der Waals surface area contributed by atoms with E-state index in [-0.39, 0.29) is 5.82 Å². The molecule has 0 aliphatic rings. The van der Waals surface area contributed by atoms with Gasteiger partial charge in [0.25, 0.3) is 0 Å². The number of ether oxygens (including phenoxy) is 2. The van der Waals surface area contributed by atoms with Crippen LogP contribution < -0.4 is 9.47 Å². The molecule has 3 rings (SSSR count). The van der Waals surface area contributed by atoms with Gasteiger partial charge in [-0.25, -0.2) is 9.37 Å². The molecule has 5 heteroatoms. The molecule has 0 saturated heterocycles. The number of nitrogens with one attached hydrogen (secondary N) is 1. The first-order valence-electron chi connectivity index (χ1n) is 6.09. The maximum Gasteiger partial charge on any atom is 0.146 e. The highest BCUT2D eigenvalue weighted by molar-refractivity contribution is 5.82. The van der Waals surface area contributed by atoms with Gasteiger partial charge in [0.15, 0.2) is 0 Å². The van der Waals surface area contributed by atoms with Crippen molar-refractivity contribution >= 4 is 11.0 Å². The molecule has 0 amide bonds. The number of fused-ring (bicyclic) bond motifs is 1. The molecule has 0 aliphatic heterocycles. The van der Waals surface area contributed by atoms with Crippen molar-refractivity contribution in [2.45, 2.75) is 0 Å². The van der Waals surface area contributed by atoms with Gasteiger partial charge in [0.1, 0.15) is 28.7 Å². The molecule has 0 atom stereocenters. The minimum absolute atomic E-state index is 0.306. The lowest BCUT2D eigenvalue weighted by atomic mass is 10.1. The van der Waals surface area contributed by atoms with E-state index in [0.717, 1.165) is 0 Å². The second-order valence-corrected chi connectivity index (χ2v) is 4.28. The Kier molecular flexibility index (Phi) is 3.02. The third kappa shape index (κ3) is 1.97. The zero-order valence-corrected chi connectivity index (χ0v) is 11.1. The second-order valence-electron chi connectivity index (χ2n) is 4.28. The minimum Gasteiger partial charge on any atom is -0.496 e. The highest BCUT2D eigenvalue weighted by atomic mass is 19.1. The molecule has 1 heterocycles. The molecule has 20 heavy (non-hydrogen) atoms. The molecular weight excluding hydrogens is 259 g/mol. The van der Waals surface area contributed by atoms with Crippen LogP contribution in [0.4, 0.5) is 4.39 Å². The summed E-state index contributed by atoms with van der Waals surface area (Å²) in [7, 11) is 3.17. The van der Waals surface area contributed by atoms with Gasteiger partial charge in [-0.15, -0.1) is 0 Å². The van der Waals surface area contributed by atoms with E-state index in [1.807, 2.05) is 18.2 Å². The van der Waals surface area contributed by atoms with Crippen molar-refractivity contribution in [3.63, 3.8) is 0 Å². The van der Waals surface area contributed by atoms with Gasteiger partial charge in [0.05, 0.1) is 25.3 Å². The number of aromatic amines is 1. The Morgan fingerprint density at radius 1 is 1.05 bits per heavy atom. The van der Waals surface area contributed by atoms with E-state index in [4.69, 9.17) is 9.47 Å². The molecule has 0 spiro atoms. The van der Waals surface area contributed by atoms with Crippen molar-refractivity contribution in [3.8, 4) is 22.9 Å². The van der Waals surface area contributed by atoms with Crippen molar-refractivity contribution in [2.24, 2.45) is 0 Å². The van der Waals surface area contributed by atoms with Crippen molar-refractivity contribution in [1.82, 2.24) is 9.97 Å². The van der Waals surface area contributed by atoms with Crippen LogP contribution in [-0.2, 0) is 0 Å². The van der Waals surface area contributed by atoms with Crippen molar-refractivity contribution < 1.29 is 13.9 Å². The van der Waals surface area contributed by atoms with E-state index in [1.165, 1.54) is 12.1 Å². The van der Waals surface area contributed by atoms with Crippen LogP contribution in [0.3, 0.4) is 0 Å². The molecule has 102 valence electrons. The molecule has 0 saturated carbocycles. The third-order valence-electron chi connectivity index (χ3n) is 3.11. The molecule has 0 radical (unpaired) electrons. The SMILES string of the molecule is COc1cccc(OC)c1-c1nc2ccc(F)cc2[nH]1. The quantitative estimate of drug-likeness (QED) is 0.795. The lowest BCUT2D eigenvalue weighted by Gasteiger charge is -2.10. The summed E-state index contributed by atoms with van der Waals surface area (Å²) in [4.78, 5) is 7.55. The maximum atomic E-state index is 13.2. The number of nitrogens with zero attached hydrogens (tertiary/aromatic N) is 1. The smallest absolute Gasteiger partial charge is 0.146 e. The maximum absolute atomic E-state index is 13.2. The summed E-state index contributed by atoms with van der Waals surface area (Å²) in [6.45, 7) is 0. The Morgan fingerprint density at radius 2 is 1.75 bits per heavy atom. The average Bonchev–Trinajstić information content (AvgIpc) is 2.88. The van der Waals surface area contributed by atoms with E-state index >= 15 is 0 Å².